The molecule has 0 saturated heterocycles. The van der Waals surface area contributed by atoms with Gasteiger partial charge in [-0.3, -0.25) is 0 Å². The second-order valence-corrected chi connectivity index (χ2v) is 8.31. The number of hydrogen-bond acceptors (Lipinski definition) is 5. The van der Waals surface area contributed by atoms with Crippen LogP contribution in [-0.2, 0) is 12.8 Å². The lowest BCUT2D eigenvalue weighted by Crippen LogP contribution is -1.98. The first kappa shape index (κ1) is 15.1. The van der Waals surface area contributed by atoms with Crippen molar-refractivity contribution in [3.05, 3.63) is 10.4 Å². The number of nitrogen functional groups attached to an aromatic ring is 1. The fourth-order valence-electron chi connectivity index (χ4n) is 2.79. The molecule has 21 heavy (non-hydrogen) atoms. The molecule has 2 aromatic heterocycles. The van der Waals surface area contributed by atoms with Crippen LogP contribution < -0.4 is 5.73 Å². The maximum Gasteiger partial charge on any atom is 0.190 e. The summed E-state index contributed by atoms with van der Waals surface area (Å²) in [5.41, 5.74) is 7.68. The topological polar surface area (TPSA) is 51.8 Å². The maximum absolute atomic E-state index is 6.25. The van der Waals surface area contributed by atoms with Crippen LogP contribution >= 0.6 is 23.1 Å². The van der Waals surface area contributed by atoms with Crippen LogP contribution in [0.1, 0.15) is 50.0 Å². The molecule has 1 aliphatic carbocycles. The predicted molar refractivity (Wildman–Crippen MR) is 93.3 cm³/mol. The van der Waals surface area contributed by atoms with E-state index in [4.69, 9.17) is 10.7 Å². The van der Waals surface area contributed by atoms with Crippen LogP contribution in [0.15, 0.2) is 5.16 Å². The molecule has 0 spiro atoms. The molecule has 2 heterocycles. The minimum Gasteiger partial charge on any atom is -0.383 e. The van der Waals surface area contributed by atoms with Gasteiger partial charge in [0.15, 0.2) is 5.16 Å². The van der Waals surface area contributed by atoms with E-state index in [-0.39, 0.29) is 0 Å². The van der Waals surface area contributed by atoms with Crippen molar-refractivity contribution in [3.63, 3.8) is 0 Å². The van der Waals surface area contributed by atoms with E-state index in [0.717, 1.165) is 33.5 Å². The zero-order valence-corrected chi connectivity index (χ0v) is 14.4. The lowest BCUT2D eigenvalue weighted by molar-refractivity contribution is 0.631. The van der Waals surface area contributed by atoms with Crippen LogP contribution in [0, 0.1) is 5.92 Å². The maximum atomic E-state index is 6.25. The first-order valence-electron chi connectivity index (χ1n) is 7.85. The van der Waals surface area contributed by atoms with E-state index in [9.17, 15) is 0 Å². The Morgan fingerprint density at radius 2 is 2.00 bits per heavy atom. The van der Waals surface area contributed by atoms with Gasteiger partial charge in [0.2, 0.25) is 0 Å². The third kappa shape index (κ3) is 3.34. The minimum absolute atomic E-state index is 0.687. The summed E-state index contributed by atoms with van der Waals surface area (Å²) in [6, 6.07) is 0. The molecule has 0 amide bonds. The van der Waals surface area contributed by atoms with Gasteiger partial charge in [0, 0.05) is 10.6 Å². The van der Waals surface area contributed by atoms with E-state index in [1.807, 2.05) is 11.3 Å². The average Bonchev–Trinajstić information content (AvgIpc) is 2.61. The van der Waals surface area contributed by atoms with Crippen molar-refractivity contribution in [3.8, 4) is 0 Å². The largest absolute Gasteiger partial charge is 0.383 e. The lowest BCUT2D eigenvalue weighted by atomic mass is 10.1. The Morgan fingerprint density at radius 1 is 1.19 bits per heavy atom. The smallest absolute Gasteiger partial charge is 0.190 e. The van der Waals surface area contributed by atoms with E-state index in [2.05, 4.69) is 18.8 Å². The number of fused-ring (bicyclic) bond motifs is 3. The second-order valence-electron chi connectivity index (χ2n) is 6.17. The Hall–Kier alpha value is -0.810. The molecule has 0 radical (unpaired) electrons. The molecule has 2 N–H and O–H groups in total. The van der Waals surface area contributed by atoms with Gasteiger partial charge in [-0.15, -0.1) is 11.3 Å². The molecule has 0 unspecified atom stereocenters. The SMILES string of the molecule is CC(C)CCSc1nc(N)c2c3c(sc2n1)CCCCC3. The third-order valence-electron chi connectivity index (χ3n) is 4.00. The number of thiophene rings is 1. The van der Waals surface area contributed by atoms with Gasteiger partial charge >= 0.3 is 0 Å². The van der Waals surface area contributed by atoms with Gasteiger partial charge in [-0.05, 0) is 43.6 Å². The van der Waals surface area contributed by atoms with Gasteiger partial charge in [0.05, 0.1) is 5.39 Å². The van der Waals surface area contributed by atoms with Crippen molar-refractivity contribution >= 4 is 39.1 Å². The van der Waals surface area contributed by atoms with Gasteiger partial charge < -0.3 is 5.73 Å². The van der Waals surface area contributed by atoms with E-state index >= 15 is 0 Å². The van der Waals surface area contributed by atoms with Gasteiger partial charge in [-0.2, -0.15) is 0 Å². The minimum atomic E-state index is 0.687. The number of nitrogens with two attached hydrogens (primary N) is 1. The van der Waals surface area contributed by atoms with Gasteiger partial charge in [-0.25, -0.2) is 9.97 Å². The summed E-state index contributed by atoms with van der Waals surface area (Å²) in [4.78, 5) is 11.9. The fraction of sp³-hybridized carbons (Fsp3) is 0.625. The van der Waals surface area contributed by atoms with Crippen LogP contribution in [0.2, 0.25) is 0 Å². The van der Waals surface area contributed by atoms with E-state index in [1.54, 1.807) is 11.8 Å². The van der Waals surface area contributed by atoms with Crippen LogP contribution in [-0.4, -0.2) is 15.7 Å². The quantitative estimate of drug-likeness (QED) is 0.504. The summed E-state index contributed by atoms with van der Waals surface area (Å²) in [5.74, 6) is 2.47. The molecule has 5 heteroatoms. The number of anilines is 1. The Bertz CT molecular complexity index is 634. The standard InChI is InChI=1S/C16H23N3S2/c1-10(2)8-9-20-16-18-14(17)13-11-6-4-3-5-7-12(11)21-15(13)19-16/h10H,3-9H2,1-2H3,(H2,17,18,19). The molecule has 114 valence electrons. The normalized spacial score (nSPS) is 15.4. The fourth-order valence-corrected chi connectivity index (χ4v) is 5.21. The zero-order valence-electron chi connectivity index (χ0n) is 12.8. The number of aromatic nitrogens is 2. The molecule has 0 aromatic carbocycles. The molecule has 0 bridgehead atoms. The summed E-state index contributed by atoms with van der Waals surface area (Å²) in [7, 11) is 0. The number of nitrogens with zero attached hydrogens (tertiary/aromatic N) is 2. The molecule has 0 aliphatic heterocycles. The number of aryl methyl sites for hydroxylation is 2. The third-order valence-corrected chi connectivity index (χ3v) is 6.06. The summed E-state index contributed by atoms with van der Waals surface area (Å²) < 4.78 is 0. The molecule has 0 atom stereocenters. The summed E-state index contributed by atoms with van der Waals surface area (Å²) in [6.07, 6.45) is 7.40. The summed E-state index contributed by atoms with van der Waals surface area (Å²) >= 11 is 3.57. The van der Waals surface area contributed by atoms with Gasteiger partial charge in [0.1, 0.15) is 10.6 Å². The first-order valence-corrected chi connectivity index (χ1v) is 9.66. The monoisotopic (exact) mass is 321 g/mol. The Balaban J connectivity index is 1.90. The summed E-state index contributed by atoms with van der Waals surface area (Å²) in [6.45, 7) is 4.49. The van der Waals surface area contributed by atoms with Gasteiger partial charge in [-0.1, -0.05) is 32.0 Å². The van der Waals surface area contributed by atoms with E-state index in [1.165, 1.54) is 42.5 Å². The first-order chi connectivity index (χ1) is 10.1. The van der Waals surface area contributed by atoms with E-state index < -0.39 is 0 Å². The van der Waals surface area contributed by atoms with Crippen LogP contribution in [0.3, 0.4) is 0 Å². The van der Waals surface area contributed by atoms with Crippen molar-refractivity contribution < 1.29 is 0 Å². The molecule has 0 saturated carbocycles. The number of rotatable bonds is 4. The Labute approximate surface area is 134 Å². The van der Waals surface area contributed by atoms with Gasteiger partial charge in [0.25, 0.3) is 0 Å². The highest BCUT2D eigenvalue weighted by Gasteiger charge is 2.19. The highest BCUT2D eigenvalue weighted by Crippen LogP contribution is 2.38. The highest BCUT2D eigenvalue weighted by atomic mass is 32.2. The highest BCUT2D eigenvalue weighted by molar-refractivity contribution is 7.99. The summed E-state index contributed by atoms with van der Waals surface area (Å²) in [5, 5.41) is 1.99. The molecule has 0 fully saturated rings. The Morgan fingerprint density at radius 3 is 2.81 bits per heavy atom. The average molecular weight is 322 g/mol. The van der Waals surface area contributed by atoms with Crippen LogP contribution in [0.5, 0.6) is 0 Å². The molecule has 2 aromatic rings. The van der Waals surface area contributed by atoms with Crippen LogP contribution in [0.25, 0.3) is 10.2 Å². The number of hydrogen-bond donors (Lipinski definition) is 1. The van der Waals surface area contributed by atoms with Crippen molar-refractivity contribution in [2.75, 3.05) is 11.5 Å². The van der Waals surface area contributed by atoms with Crippen molar-refractivity contribution in [1.29, 1.82) is 0 Å². The van der Waals surface area contributed by atoms with Crippen molar-refractivity contribution in [2.45, 2.75) is 57.5 Å². The molecule has 1 aliphatic rings. The predicted octanol–water partition coefficient (Wildman–Crippen LogP) is 4.68. The Kier molecular flexibility index (Phi) is 4.69. The molecular formula is C16H23N3S2. The molecular weight excluding hydrogens is 298 g/mol. The molecule has 3 rings (SSSR count). The van der Waals surface area contributed by atoms with Crippen LogP contribution in [0.4, 0.5) is 5.82 Å². The second kappa shape index (κ2) is 6.53. The van der Waals surface area contributed by atoms with E-state index in [0.29, 0.717) is 5.82 Å². The molecule has 3 nitrogen and oxygen atoms in total. The zero-order chi connectivity index (χ0) is 14.8. The van der Waals surface area contributed by atoms with Crippen molar-refractivity contribution in [1.82, 2.24) is 9.97 Å². The van der Waals surface area contributed by atoms with Crippen molar-refractivity contribution in [2.24, 2.45) is 5.92 Å². The lowest BCUT2D eigenvalue weighted by Gasteiger charge is -2.05. The number of thioether (sulfide) groups is 1.